The van der Waals surface area contributed by atoms with Crippen LogP contribution in [0.3, 0.4) is 0 Å². The number of H-pyrrole nitrogens is 1. The molecular formula is C22H27N7O3. The number of fused-ring (bicyclic) bond motifs is 1. The Morgan fingerprint density at radius 1 is 1.19 bits per heavy atom. The lowest BCUT2D eigenvalue weighted by Crippen LogP contribution is -2.52. The maximum Gasteiger partial charge on any atom is 0.255 e. The van der Waals surface area contributed by atoms with Gasteiger partial charge in [0.15, 0.2) is 5.82 Å². The van der Waals surface area contributed by atoms with Gasteiger partial charge in [-0.15, -0.1) is 0 Å². The highest BCUT2D eigenvalue weighted by molar-refractivity contribution is 6.05. The molecule has 3 aliphatic heterocycles. The van der Waals surface area contributed by atoms with Crippen LogP contribution in [0.15, 0.2) is 18.2 Å². The molecule has 2 fully saturated rings. The molecular weight excluding hydrogens is 410 g/mol. The summed E-state index contributed by atoms with van der Waals surface area (Å²) in [6.07, 6.45) is 2.76. The fourth-order valence-corrected chi connectivity index (χ4v) is 4.98. The van der Waals surface area contributed by atoms with Crippen molar-refractivity contribution in [1.29, 1.82) is 0 Å². The Morgan fingerprint density at radius 2 is 2.06 bits per heavy atom. The molecule has 32 heavy (non-hydrogen) atoms. The number of nitrogens with one attached hydrogen (secondary N) is 2. The number of nitrogens with zero attached hydrogens (tertiary/aromatic N) is 4. The Bertz CT molecular complexity index is 1070. The molecule has 2 saturated heterocycles. The first kappa shape index (κ1) is 20.8. The molecule has 0 bridgehead atoms. The normalized spacial score (nSPS) is 24.0. The second kappa shape index (κ2) is 8.44. The van der Waals surface area contributed by atoms with Crippen LogP contribution in [-0.2, 0) is 29.2 Å². The fourth-order valence-electron chi connectivity index (χ4n) is 4.98. The van der Waals surface area contributed by atoms with Gasteiger partial charge in [-0.3, -0.25) is 29.7 Å². The molecule has 4 N–H and O–H groups in total. The van der Waals surface area contributed by atoms with Gasteiger partial charge >= 0.3 is 0 Å². The van der Waals surface area contributed by atoms with Crippen molar-refractivity contribution in [3.8, 4) is 0 Å². The topological polar surface area (TPSA) is 137 Å². The summed E-state index contributed by atoms with van der Waals surface area (Å²) in [6.45, 7) is 3.41. The molecule has 5 rings (SSSR count). The summed E-state index contributed by atoms with van der Waals surface area (Å²) < 4.78 is 0. The van der Waals surface area contributed by atoms with E-state index in [-0.39, 0.29) is 30.1 Å². The number of carbonyl (C=O) groups excluding carboxylic acids is 3. The first-order valence-corrected chi connectivity index (χ1v) is 11.1. The average Bonchev–Trinajstić information content (AvgIpc) is 3.39. The quantitative estimate of drug-likeness (QED) is 0.576. The minimum absolute atomic E-state index is 0.139. The molecule has 0 spiro atoms. The van der Waals surface area contributed by atoms with Gasteiger partial charge < -0.3 is 10.6 Å². The molecule has 4 heterocycles. The van der Waals surface area contributed by atoms with Gasteiger partial charge in [-0.25, -0.2) is 4.98 Å². The second-order valence-electron chi connectivity index (χ2n) is 8.81. The van der Waals surface area contributed by atoms with Crippen LogP contribution in [0.2, 0.25) is 0 Å². The number of aromatic nitrogens is 3. The zero-order chi connectivity index (χ0) is 22.2. The Balaban J connectivity index is 1.26. The van der Waals surface area contributed by atoms with E-state index in [1.54, 1.807) is 4.90 Å². The summed E-state index contributed by atoms with van der Waals surface area (Å²) in [5.74, 6) is 1.02. The summed E-state index contributed by atoms with van der Waals surface area (Å²) in [7, 11) is 0. The van der Waals surface area contributed by atoms with Gasteiger partial charge in [0.1, 0.15) is 11.9 Å². The third-order valence-corrected chi connectivity index (χ3v) is 6.61. The van der Waals surface area contributed by atoms with Crippen LogP contribution in [-0.4, -0.2) is 61.8 Å². The highest BCUT2D eigenvalue weighted by atomic mass is 16.2. The number of amides is 3. The monoisotopic (exact) mass is 437 g/mol. The highest BCUT2D eigenvalue weighted by Gasteiger charge is 2.39. The number of piperidine rings is 2. The molecule has 1 aromatic carbocycles. The van der Waals surface area contributed by atoms with Gasteiger partial charge in [-0.1, -0.05) is 12.1 Å². The van der Waals surface area contributed by atoms with Gasteiger partial charge in [0, 0.05) is 37.5 Å². The molecule has 3 aliphatic rings. The number of imide groups is 1. The largest absolute Gasteiger partial charge is 0.324 e. The third-order valence-electron chi connectivity index (χ3n) is 6.61. The van der Waals surface area contributed by atoms with Crippen LogP contribution in [0.5, 0.6) is 0 Å². The second-order valence-corrected chi connectivity index (χ2v) is 8.81. The van der Waals surface area contributed by atoms with Crippen LogP contribution < -0.4 is 11.1 Å². The predicted octanol–water partition coefficient (Wildman–Crippen LogP) is 0.404. The molecule has 0 aliphatic carbocycles. The van der Waals surface area contributed by atoms with E-state index in [4.69, 9.17) is 5.73 Å². The minimum atomic E-state index is -0.585. The zero-order valence-electron chi connectivity index (χ0n) is 17.8. The zero-order valence-corrected chi connectivity index (χ0v) is 17.8. The fraction of sp³-hybridized carbons (Fsp3) is 0.500. The van der Waals surface area contributed by atoms with Crippen molar-refractivity contribution < 1.29 is 14.4 Å². The lowest BCUT2D eigenvalue weighted by Gasteiger charge is -2.31. The van der Waals surface area contributed by atoms with E-state index in [1.165, 1.54) is 0 Å². The lowest BCUT2D eigenvalue weighted by atomic mass is 9.96. The average molecular weight is 438 g/mol. The van der Waals surface area contributed by atoms with E-state index in [9.17, 15) is 14.4 Å². The van der Waals surface area contributed by atoms with Crippen molar-refractivity contribution in [2.24, 2.45) is 5.73 Å². The van der Waals surface area contributed by atoms with Crippen molar-refractivity contribution in [3.63, 3.8) is 0 Å². The van der Waals surface area contributed by atoms with Crippen LogP contribution >= 0.6 is 0 Å². The Kier molecular flexibility index (Phi) is 5.48. The van der Waals surface area contributed by atoms with Crippen molar-refractivity contribution in [1.82, 2.24) is 30.3 Å². The molecule has 0 radical (unpaired) electrons. The Labute approximate surface area is 185 Å². The molecule has 0 saturated carbocycles. The summed E-state index contributed by atoms with van der Waals surface area (Å²) in [5.41, 5.74) is 8.36. The first-order valence-electron chi connectivity index (χ1n) is 11.1. The van der Waals surface area contributed by atoms with Gasteiger partial charge in [0.2, 0.25) is 11.8 Å². The Hall–Kier alpha value is -3.11. The van der Waals surface area contributed by atoms with E-state index >= 15 is 0 Å². The minimum Gasteiger partial charge on any atom is -0.324 e. The molecule has 10 heteroatoms. The number of aromatic amines is 1. The van der Waals surface area contributed by atoms with E-state index in [0.29, 0.717) is 30.9 Å². The molecule has 2 aromatic rings. The van der Waals surface area contributed by atoms with E-state index < -0.39 is 6.04 Å². The van der Waals surface area contributed by atoms with Crippen molar-refractivity contribution in [3.05, 3.63) is 46.5 Å². The molecule has 2 unspecified atom stereocenters. The number of rotatable bonds is 5. The SMILES string of the molecule is NCc1nc(C2CCCN(Cc3ccc4c(c3)CN(C3CCC(=O)NC3=O)C4=O)C2)n[nH]1. The highest BCUT2D eigenvalue weighted by Crippen LogP contribution is 2.30. The van der Waals surface area contributed by atoms with Gasteiger partial charge in [0.25, 0.3) is 5.91 Å². The maximum absolute atomic E-state index is 12.9. The number of benzene rings is 1. The van der Waals surface area contributed by atoms with Crippen LogP contribution in [0.25, 0.3) is 0 Å². The number of hydrogen-bond acceptors (Lipinski definition) is 7. The van der Waals surface area contributed by atoms with Gasteiger partial charge in [0.05, 0.1) is 6.54 Å². The smallest absolute Gasteiger partial charge is 0.255 e. The molecule has 2 atom stereocenters. The summed E-state index contributed by atoms with van der Waals surface area (Å²) in [4.78, 5) is 45.0. The van der Waals surface area contributed by atoms with E-state index in [2.05, 4.69) is 31.5 Å². The van der Waals surface area contributed by atoms with Gasteiger partial charge in [-0.2, -0.15) is 5.10 Å². The number of likely N-dealkylation sites (tertiary alicyclic amines) is 1. The standard InChI is InChI=1S/C22H27N7O3/c23-9-18-24-20(27-26-18)14-2-1-7-28(11-14)10-13-3-4-16-15(8-13)12-29(22(16)32)17-5-6-19(30)25-21(17)31/h3-4,8,14,17H,1-2,5-7,9-12,23H2,(H,24,26,27)(H,25,30,31). The van der Waals surface area contributed by atoms with E-state index in [0.717, 1.165) is 49.4 Å². The summed E-state index contributed by atoms with van der Waals surface area (Å²) in [5, 5.41) is 9.57. The van der Waals surface area contributed by atoms with Crippen molar-refractivity contribution in [2.45, 2.75) is 57.3 Å². The molecule has 1 aromatic heterocycles. The number of nitrogens with two attached hydrogens (primary N) is 1. The number of hydrogen-bond donors (Lipinski definition) is 3. The molecule has 10 nitrogen and oxygen atoms in total. The third kappa shape index (κ3) is 3.91. The van der Waals surface area contributed by atoms with Crippen molar-refractivity contribution in [2.75, 3.05) is 13.1 Å². The van der Waals surface area contributed by atoms with Gasteiger partial charge in [-0.05, 0) is 43.0 Å². The molecule has 3 amide bonds. The van der Waals surface area contributed by atoms with E-state index in [1.807, 2.05) is 12.1 Å². The summed E-state index contributed by atoms with van der Waals surface area (Å²) >= 11 is 0. The summed E-state index contributed by atoms with van der Waals surface area (Å²) in [6, 6.07) is 5.34. The van der Waals surface area contributed by atoms with Crippen molar-refractivity contribution >= 4 is 17.7 Å². The predicted molar refractivity (Wildman–Crippen MR) is 114 cm³/mol. The number of carbonyl (C=O) groups is 3. The van der Waals surface area contributed by atoms with Crippen LogP contribution in [0.4, 0.5) is 0 Å². The van der Waals surface area contributed by atoms with Crippen LogP contribution in [0.1, 0.15) is 64.7 Å². The molecule has 168 valence electrons. The Morgan fingerprint density at radius 3 is 2.84 bits per heavy atom. The lowest BCUT2D eigenvalue weighted by molar-refractivity contribution is -0.136. The first-order chi connectivity index (χ1) is 15.5. The van der Waals surface area contributed by atoms with Crippen LogP contribution in [0, 0.1) is 0 Å². The maximum atomic E-state index is 12.9.